The number of hydrogen-bond acceptors (Lipinski definition) is 5. The molecule has 0 heterocycles. The van der Waals surface area contributed by atoms with Gasteiger partial charge in [-0.1, -0.05) is 37.3 Å². The standard InChI is InChI=1S/C25H25N3O4S/c1-2-23(29)26-18-12-14-19(15-13-18)27-25(33)28-24(30)21-10-6-7-11-22(21)32-17-16-31-20-8-4-3-5-9-20/h3-15H,2,16-17H2,1H3,(H,26,29)(H2,27,28,30,33). The summed E-state index contributed by atoms with van der Waals surface area (Å²) in [6.45, 7) is 2.41. The SMILES string of the molecule is CCC(=O)Nc1ccc(NC(=S)NC(=O)c2ccccc2OCCOc2ccccc2)cc1. The van der Waals surface area contributed by atoms with Crippen LogP contribution in [-0.4, -0.2) is 30.1 Å². The number of hydrogen-bond donors (Lipinski definition) is 3. The molecule has 0 aliphatic carbocycles. The van der Waals surface area contributed by atoms with Gasteiger partial charge in [0.2, 0.25) is 5.91 Å². The van der Waals surface area contributed by atoms with Gasteiger partial charge in [0.05, 0.1) is 5.56 Å². The molecule has 2 amide bonds. The van der Waals surface area contributed by atoms with Crippen molar-refractivity contribution in [3.05, 3.63) is 84.4 Å². The second kappa shape index (κ2) is 12.2. The van der Waals surface area contributed by atoms with Gasteiger partial charge in [0.15, 0.2) is 5.11 Å². The molecule has 0 aliphatic rings. The molecule has 0 aliphatic heterocycles. The molecule has 0 fully saturated rings. The van der Waals surface area contributed by atoms with Crippen molar-refractivity contribution in [2.24, 2.45) is 0 Å². The number of rotatable bonds is 9. The minimum absolute atomic E-state index is 0.0639. The number of para-hydroxylation sites is 2. The van der Waals surface area contributed by atoms with Gasteiger partial charge in [-0.3, -0.25) is 14.9 Å². The third-order valence-electron chi connectivity index (χ3n) is 4.46. The van der Waals surface area contributed by atoms with E-state index in [4.69, 9.17) is 21.7 Å². The highest BCUT2D eigenvalue weighted by atomic mass is 32.1. The van der Waals surface area contributed by atoms with Crippen molar-refractivity contribution in [2.45, 2.75) is 13.3 Å². The molecule has 0 radical (unpaired) electrons. The van der Waals surface area contributed by atoms with E-state index >= 15 is 0 Å². The van der Waals surface area contributed by atoms with Crippen LogP contribution in [0.1, 0.15) is 23.7 Å². The molecule has 0 spiro atoms. The van der Waals surface area contributed by atoms with E-state index in [1.54, 1.807) is 55.5 Å². The fourth-order valence-corrected chi connectivity index (χ4v) is 3.04. The van der Waals surface area contributed by atoms with Crippen LogP contribution in [-0.2, 0) is 4.79 Å². The average molecular weight is 464 g/mol. The zero-order chi connectivity index (χ0) is 23.5. The lowest BCUT2D eigenvalue weighted by atomic mass is 10.2. The van der Waals surface area contributed by atoms with Gasteiger partial charge in [-0.2, -0.15) is 0 Å². The third-order valence-corrected chi connectivity index (χ3v) is 4.66. The van der Waals surface area contributed by atoms with Crippen LogP contribution in [0, 0.1) is 0 Å². The largest absolute Gasteiger partial charge is 0.490 e. The van der Waals surface area contributed by atoms with Gasteiger partial charge >= 0.3 is 0 Å². The summed E-state index contributed by atoms with van der Waals surface area (Å²) in [6.07, 6.45) is 0.404. The highest BCUT2D eigenvalue weighted by Crippen LogP contribution is 2.18. The summed E-state index contributed by atoms with van der Waals surface area (Å²) in [5, 5.41) is 8.53. The summed E-state index contributed by atoms with van der Waals surface area (Å²) in [7, 11) is 0. The molecule has 0 aromatic heterocycles. The van der Waals surface area contributed by atoms with Crippen LogP contribution in [0.4, 0.5) is 11.4 Å². The molecular formula is C25H25N3O4S. The Labute approximate surface area is 198 Å². The van der Waals surface area contributed by atoms with Crippen molar-refractivity contribution in [3.63, 3.8) is 0 Å². The van der Waals surface area contributed by atoms with Crippen LogP contribution in [0.15, 0.2) is 78.9 Å². The van der Waals surface area contributed by atoms with Gasteiger partial charge in [0.25, 0.3) is 5.91 Å². The summed E-state index contributed by atoms with van der Waals surface area (Å²) >= 11 is 5.26. The first-order valence-corrected chi connectivity index (χ1v) is 10.9. The molecule has 3 N–H and O–H groups in total. The van der Waals surface area contributed by atoms with E-state index in [0.717, 1.165) is 5.75 Å². The fraction of sp³-hybridized carbons (Fsp3) is 0.160. The maximum atomic E-state index is 12.7. The third kappa shape index (κ3) is 7.62. The number of thiocarbonyl (C=S) groups is 1. The van der Waals surface area contributed by atoms with Crippen LogP contribution >= 0.6 is 12.2 Å². The second-order valence-corrected chi connectivity index (χ2v) is 7.30. The van der Waals surface area contributed by atoms with Crippen LogP contribution in [0.5, 0.6) is 11.5 Å². The normalized spacial score (nSPS) is 10.1. The predicted molar refractivity (Wildman–Crippen MR) is 133 cm³/mol. The molecule has 170 valence electrons. The zero-order valence-electron chi connectivity index (χ0n) is 18.2. The molecule has 3 rings (SSSR count). The topological polar surface area (TPSA) is 88.7 Å². The van der Waals surface area contributed by atoms with Crippen LogP contribution in [0.25, 0.3) is 0 Å². The quantitative estimate of drug-likeness (QED) is 0.317. The smallest absolute Gasteiger partial charge is 0.261 e. The first-order chi connectivity index (χ1) is 16.0. The Kier molecular flexibility index (Phi) is 8.79. The van der Waals surface area contributed by atoms with Crippen molar-refractivity contribution in [2.75, 3.05) is 23.8 Å². The van der Waals surface area contributed by atoms with Crippen molar-refractivity contribution < 1.29 is 19.1 Å². The predicted octanol–water partition coefficient (Wildman–Crippen LogP) is 4.62. The molecule has 0 unspecified atom stereocenters. The van der Waals surface area contributed by atoms with Gasteiger partial charge in [-0.05, 0) is 60.7 Å². The molecular weight excluding hydrogens is 438 g/mol. The maximum absolute atomic E-state index is 12.7. The summed E-state index contributed by atoms with van der Waals surface area (Å²) in [5.41, 5.74) is 1.72. The number of benzene rings is 3. The summed E-state index contributed by atoms with van der Waals surface area (Å²) in [6, 6.07) is 23.4. The number of ether oxygens (including phenoxy) is 2. The average Bonchev–Trinajstić information content (AvgIpc) is 2.83. The van der Waals surface area contributed by atoms with Crippen molar-refractivity contribution in [3.8, 4) is 11.5 Å². The Morgan fingerprint density at radius 3 is 2.09 bits per heavy atom. The number of carbonyl (C=O) groups excluding carboxylic acids is 2. The number of amides is 2. The molecule has 0 saturated carbocycles. The van der Waals surface area contributed by atoms with E-state index in [1.807, 2.05) is 30.3 Å². The lowest BCUT2D eigenvalue weighted by molar-refractivity contribution is -0.115. The van der Waals surface area contributed by atoms with Crippen molar-refractivity contribution in [1.29, 1.82) is 0 Å². The minimum Gasteiger partial charge on any atom is -0.490 e. The zero-order valence-corrected chi connectivity index (χ0v) is 19.0. The molecule has 0 bridgehead atoms. The highest BCUT2D eigenvalue weighted by molar-refractivity contribution is 7.80. The van der Waals surface area contributed by atoms with E-state index in [9.17, 15) is 9.59 Å². The number of carbonyl (C=O) groups is 2. The monoisotopic (exact) mass is 463 g/mol. The van der Waals surface area contributed by atoms with Gasteiger partial charge in [0.1, 0.15) is 24.7 Å². The van der Waals surface area contributed by atoms with Gasteiger partial charge in [0, 0.05) is 17.8 Å². The Morgan fingerprint density at radius 2 is 1.39 bits per heavy atom. The first-order valence-electron chi connectivity index (χ1n) is 10.5. The first kappa shape index (κ1) is 23.7. The Morgan fingerprint density at radius 1 is 0.788 bits per heavy atom. The molecule has 8 heteroatoms. The highest BCUT2D eigenvalue weighted by Gasteiger charge is 2.14. The Hall–Kier alpha value is -3.91. The van der Waals surface area contributed by atoms with Crippen molar-refractivity contribution in [1.82, 2.24) is 5.32 Å². The minimum atomic E-state index is -0.390. The van der Waals surface area contributed by atoms with E-state index in [0.29, 0.717) is 35.7 Å². The fourth-order valence-electron chi connectivity index (χ4n) is 2.83. The maximum Gasteiger partial charge on any atom is 0.261 e. The Balaban J connectivity index is 1.51. The molecule has 7 nitrogen and oxygen atoms in total. The number of anilines is 2. The van der Waals surface area contributed by atoms with Crippen LogP contribution in [0.2, 0.25) is 0 Å². The van der Waals surface area contributed by atoms with E-state index in [2.05, 4.69) is 16.0 Å². The Bertz CT molecular complexity index is 1090. The lowest BCUT2D eigenvalue weighted by Crippen LogP contribution is -2.34. The van der Waals surface area contributed by atoms with Gasteiger partial charge in [-0.25, -0.2) is 0 Å². The number of nitrogens with one attached hydrogen (secondary N) is 3. The molecule has 33 heavy (non-hydrogen) atoms. The summed E-state index contributed by atoms with van der Waals surface area (Å²) in [5.74, 6) is 0.736. The van der Waals surface area contributed by atoms with E-state index in [-0.39, 0.29) is 23.5 Å². The summed E-state index contributed by atoms with van der Waals surface area (Å²) < 4.78 is 11.4. The lowest BCUT2D eigenvalue weighted by Gasteiger charge is -2.14. The second-order valence-electron chi connectivity index (χ2n) is 6.89. The van der Waals surface area contributed by atoms with Crippen molar-refractivity contribution >= 4 is 40.5 Å². The molecule has 0 saturated heterocycles. The molecule has 3 aromatic rings. The molecule has 3 aromatic carbocycles. The van der Waals surface area contributed by atoms with Gasteiger partial charge < -0.3 is 20.1 Å². The summed E-state index contributed by atoms with van der Waals surface area (Å²) in [4.78, 5) is 24.2. The van der Waals surface area contributed by atoms with Crippen LogP contribution in [0.3, 0.4) is 0 Å². The van der Waals surface area contributed by atoms with E-state index in [1.165, 1.54) is 0 Å². The van der Waals surface area contributed by atoms with Crippen LogP contribution < -0.4 is 25.4 Å². The molecule has 0 atom stereocenters. The van der Waals surface area contributed by atoms with Gasteiger partial charge in [-0.15, -0.1) is 0 Å². The van der Waals surface area contributed by atoms with E-state index < -0.39 is 0 Å².